The number of primary amides is 1. The number of anilines is 2. The molecule has 0 bridgehead atoms. The minimum atomic E-state index is -0.584. The summed E-state index contributed by atoms with van der Waals surface area (Å²) in [5.41, 5.74) is 9.22. The summed E-state index contributed by atoms with van der Waals surface area (Å²) in [6.45, 7) is 2.27. The van der Waals surface area contributed by atoms with Crippen LogP contribution in [-0.4, -0.2) is 18.4 Å². The fraction of sp³-hybridized carbons (Fsp3) is 0.222. The van der Waals surface area contributed by atoms with Crippen LogP contribution < -0.4 is 16.0 Å². The van der Waals surface area contributed by atoms with Crippen LogP contribution in [0, 0.1) is 0 Å². The summed E-state index contributed by atoms with van der Waals surface area (Å²) in [5, 5.41) is 3.19. The topological polar surface area (TPSA) is 75.4 Å². The Morgan fingerprint density at radius 3 is 2.57 bits per heavy atom. The summed E-state index contributed by atoms with van der Waals surface area (Å²) in [6, 6.07) is 14.6. The van der Waals surface area contributed by atoms with Gasteiger partial charge in [0.2, 0.25) is 11.8 Å². The maximum Gasteiger partial charge on any atom is 0.244 e. The Bertz CT molecular complexity index is 743. The van der Waals surface area contributed by atoms with Crippen LogP contribution in [0.3, 0.4) is 0 Å². The van der Waals surface area contributed by atoms with E-state index in [9.17, 15) is 9.59 Å². The maximum absolute atomic E-state index is 11.8. The lowest BCUT2D eigenvalue weighted by atomic mass is 10.1. The Labute approximate surface area is 135 Å². The zero-order valence-electron chi connectivity index (χ0n) is 13.0. The van der Waals surface area contributed by atoms with Crippen molar-refractivity contribution in [3.63, 3.8) is 0 Å². The molecule has 0 radical (unpaired) electrons. The van der Waals surface area contributed by atoms with Crippen LogP contribution in [-0.2, 0) is 16.0 Å². The molecule has 1 heterocycles. The van der Waals surface area contributed by atoms with Crippen LogP contribution in [0.5, 0.6) is 0 Å². The van der Waals surface area contributed by atoms with Gasteiger partial charge in [-0.2, -0.15) is 0 Å². The molecule has 0 saturated carbocycles. The average Bonchev–Trinajstić information content (AvgIpc) is 2.96. The highest BCUT2D eigenvalue weighted by atomic mass is 16.2. The quantitative estimate of drug-likeness (QED) is 0.909. The molecular weight excluding hydrogens is 290 g/mol. The van der Waals surface area contributed by atoms with Gasteiger partial charge in [0, 0.05) is 24.8 Å². The van der Waals surface area contributed by atoms with Crippen molar-refractivity contribution in [2.45, 2.75) is 19.4 Å². The molecule has 2 aromatic rings. The predicted molar refractivity (Wildman–Crippen MR) is 90.2 cm³/mol. The van der Waals surface area contributed by atoms with Crippen molar-refractivity contribution < 1.29 is 9.59 Å². The minimum Gasteiger partial charge on any atom is -0.370 e. The van der Waals surface area contributed by atoms with Gasteiger partial charge in [-0.3, -0.25) is 9.59 Å². The SMILES string of the molecule is CC(=O)N1CCc2cc(NC(C(N)=O)c3ccccc3)ccc21. The lowest BCUT2D eigenvalue weighted by Crippen LogP contribution is -2.27. The molecule has 1 aliphatic rings. The van der Waals surface area contributed by atoms with E-state index < -0.39 is 11.9 Å². The largest absolute Gasteiger partial charge is 0.370 e. The third-order valence-electron chi connectivity index (χ3n) is 4.08. The van der Waals surface area contributed by atoms with Crippen molar-refractivity contribution in [3.8, 4) is 0 Å². The van der Waals surface area contributed by atoms with Crippen molar-refractivity contribution in [3.05, 3.63) is 59.7 Å². The molecule has 1 unspecified atom stereocenters. The number of benzene rings is 2. The molecule has 1 aliphatic heterocycles. The number of hydrogen-bond donors (Lipinski definition) is 2. The van der Waals surface area contributed by atoms with Crippen molar-refractivity contribution >= 4 is 23.2 Å². The van der Waals surface area contributed by atoms with Crippen molar-refractivity contribution in [2.75, 3.05) is 16.8 Å². The summed E-state index contributed by atoms with van der Waals surface area (Å²) in [7, 11) is 0. The Balaban J connectivity index is 1.85. The summed E-state index contributed by atoms with van der Waals surface area (Å²) in [5.74, 6) is -0.384. The number of nitrogens with zero attached hydrogens (tertiary/aromatic N) is 1. The molecule has 1 atom stereocenters. The fourth-order valence-corrected chi connectivity index (χ4v) is 2.95. The zero-order valence-corrected chi connectivity index (χ0v) is 13.0. The van der Waals surface area contributed by atoms with E-state index in [1.54, 1.807) is 11.8 Å². The lowest BCUT2D eigenvalue weighted by molar-refractivity contribution is -0.119. The Morgan fingerprint density at radius 1 is 1.17 bits per heavy atom. The van der Waals surface area contributed by atoms with Gasteiger partial charge in [-0.15, -0.1) is 0 Å². The normalized spacial score (nSPS) is 14.2. The van der Waals surface area contributed by atoms with Crippen molar-refractivity contribution in [1.29, 1.82) is 0 Å². The van der Waals surface area contributed by atoms with Gasteiger partial charge in [0.1, 0.15) is 6.04 Å². The van der Waals surface area contributed by atoms with E-state index in [4.69, 9.17) is 5.73 Å². The van der Waals surface area contributed by atoms with E-state index in [-0.39, 0.29) is 5.91 Å². The summed E-state index contributed by atoms with van der Waals surface area (Å²) < 4.78 is 0. The van der Waals surface area contributed by atoms with E-state index in [1.807, 2.05) is 48.5 Å². The van der Waals surface area contributed by atoms with Gasteiger partial charge in [-0.25, -0.2) is 0 Å². The molecule has 0 aromatic heterocycles. The monoisotopic (exact) mass is 309 g/mol. The van der Waals surface area contributed by atoms with Crippen LogP contribution in [0.25, 0.3) is 0 Å². The molecule has 0 spiro atoms. The molecular formula is C18H19N3O2. The van der Waals surface area contributed by atoms with Crippen LogP contribution in [0.1, 0.15) is 24.1 Å². The number of rotatable bonds is 4. The Morgan fingerprint density at radius 2 is 1.91 bits per heavy atom. The van der Waals surface area contributed by atoms with E-state index in [0.717, 1.165) is 28.9 Å². The van der Waals surface area contributed by atoms with E-state index in [0.29, 0.717) is 6.54 Å². The zero-order chi connectivity index (χ0) is 16.4. The number of fused-ring (bicyclic) bond motifs is 1. The standard InChI is InChI=1S/C18H19N3O2/c1-12(22)21-10-9-14-11-15(7-8-16(14)21)20-17(18(19)23)13-5-3-2-4-6-13/h2-8,11,17,20H,9-10H2,1H3,(H2,19,23). The maximum atomic E-state index is 11.8. The molecule has 118 valence electrons. The van der Waals surface area contributed by atoms with Crippen LogP contribution in [0.2, 0.25) is 0 Å². The third-order valence-corrected chi connectivity index (χ3v) is 4.08. The summed E-state index contributed by atoms with van der Waals surface area (Å²) >= 11 is 0. The van der Waals surface area contributed by atoms with Crippen molar-refractivity contribution in [2.24, 2.45) is 5.73 Å². The second kappa shape index (κ2) is 6.12. The van der Waals surface area contributed by atoms with Gasteiger partial charge < -0.3 is 16.0 Å². The Hall–Kier alpha value is -2.82. The highest BCUT2D eigenvalue weighted by molar-refractivity contribution is 5.94. The van der Waals surface area contributed by atoms with E-state index in [1.165, 1.54) is 0 Å². The molecule has 2 aromatic carbocycles. The van der Waals surface area contributed by atoms with Crippen LogP contribution in [0.4, 0.5) is 11.4 Å². The number of hydrogen-bond acceptors (Lipinski definition) is 3. The van der Waals surface area contributed by atoms with Gasteiger partial charge in [0.15, 0.2) is 0 Å². The van der Waals surface area contributed by atoms with Gasteiger partial charge in [0.25, 0.3) is 0 Å². The first-order valence-corrected chi connectivity index (χ1v) is 7.58. The van der Waals surface area contributed by atoms with Gasteiger partial charge in [0.05, 0.1) is 0 Å². The highest BCUT2D eigenvalue weighted by Gasteiger charge is 2.23. The molecule has 3 rings (SSSR count). The van der Waals surface area contributed by atoms with Gasteiger partial charge >= 0.3 is 0 Å². The second-order valence-electron chi connectivity index (χ2n) is 5.65. The molecule has 0 saturated heterocycles. The smallest absolute Gasteiger partial charge is 0.244 e. The number of carbonyl (C=O) groups is 2. The molecule has 3 N–H and O–H groups in total. The van der Waals surface area contributed by atoms with Crippen LogP contribution in [0.15, 0.2) is 48.5 Å². The number of amides is 2. The highest BCUT2D eigenvalue weighted by Crippen LogP contribution is 2.31. The van der Waals surface area contributed by atoms with Crippen molar-refractivity contribution in [1.82, 2.24) is 0 Å². The fourth-order valence-electron chi connectivity index (χ4n) is 2.95. The number of nitrogens with one attached hydrogen (secondary N) is 1. The molecule has 5 heteroatoms. The Kier molecular flexibility index (Phi) is 4.02. The molecule has 0 aliphatic carbocycles. The first-order chi connectivity index (χ1) is 11.1. The second-order valence-corrected chi connectivity index (χ2v) is 5.65. The van der Waals surface area contributed by atoms with Gasteiger partial charge in [-0.05, 0) is 35.7 Å². The number of nitrogens with two attached hydrogens (primary N) is 1. The predicted octanol–water partition coefficient (Wildman–Crippen LogP) is 2.23. The minimum absolute atomic E-state index is 0.0451. The van der Waals surface area contributed by atoms with E-state index >= 15 is 0 Å². The average molecular weight is 309 g/mol. The molecule has 5 nitrogen and oxygen atoms in total. The van der Waals surface area contributed by atoms with Crippen LogP contribution >= 0.6 is 0 Å². The summed E-state index contributed by atoms with van der Waals surface area (Å²) in [4.78, 5) is 25.1. The first kappa shape index (κ1) is 15.1. The molecule has 2 amide bonds. The molecule has 23 heavy (non-hydrogen) atoms. The lowest BCUT2D eigenvalue weighted by Gasteiger charge is -2.19. The summed E-state index contributed by atoms with van der Waals surface area (Å²) in [6.07, 6.45) is 0.816. The van der Waals surface area contributed by atoms with Gasteiger partial charge in [-0.1, -0.05) is 30.3 Å². The third kappa shape index (κ3) is 3.04. The number of carbonyl (C=O) groups excluding carboxylic acids is 2. The first-order valence-electron chi connectivity index (χ1n) is 7.58. The van der Waals surface area contributed by atoms with E-state index in [2.05, 4.69) is 5.32 Å². The molecule has 0 fully saturated rings.